The Kier molecular flexibility index (Phi) is 7.55. The smallest absolute Gasteiger partial charge is 0.355 e. The van der Waals surface area contributed by atoms with Crippen molar-refractivity contribution in [2.75, 3.05) is 13.1 Å². The van der Waals surface area contributed by atoms with Gasteiger partial charge >= 0.3 is 5.97 Å². The van der Waals surface area contributed by atoms with Crippen molar-refractivity contribution in [3.8, 4) is 0 Å². The van der Waals surface area contributed by atoms with Gasteiger partial charge in [-0.25, -0.2) is 9.78 Å². The highest BCUT2D eigenvalue weighted by molar-refractivity contribution is 7.09. The van der Waals surface area contributed by atoms with Crippen LogP contribution in [0, 0.1) is 0 Å². The molecule has 2 amide bonds. The maximum Gasteiger partial charge on any atom is 0.355 e. The van der Waals surface area contributed by atoms with E-state index in [0.717, 1.165) is 0 Å². The molecule has 0 saturated carbocycles. The number of nitrogens with one attached hydrogen (secondary N) is 2. The Hall–Kier alpha value is -2.45. The molecule has 0 atom stereocenters. The van der Waals surface area contributed by atoms with Gasteiger partial charge in [0.15, 0.2) is 5.69 Å². The van der Waals surface area contributed by atoms with Gasteiger partial charge in [0.05, 0.1) is 5.01 Å². The molecule has 0 bridgehead atoms. The van der Waals surface area contributed by atoms with Gasteiger partial charge in [-0.1, -0.05) is 11.6 Å². The maximum absolute atomic E-state index is 11.9. The number of halogens is 1. The molecule has 9 heteroatoms. The fourth-order valence-corrected chi connectivity index (χ4v) is 2.97. The number of carboxylic acids is 1. The lowest BCUT2D eigenvalue weighted by Gasteiger charge is -2.06. The molecule has 0 unspecified atom stereocenters. The third kappa shape index (κ3) is 6.45. The summed E-state index contributed by atoms with van der Waals surface area (Å²) in [6.07, 6.45) is 1.29. The summed E-state index contributed by atoms with van der Waals surface area (Å²) in [6.45, 7) is 0.784. The lowest BCUT2D eigenvalue weighted by molar-refractivity contribution is -0.121. The zero-order valence-corrected chi connectivity index (χ0v) is 15.4. The van der Waals surface area contributed by atoms with Gasteiger partial charge in [0.1, 0.15) is 0 Å². The van der Waals surface area contributed by atoms with Gasteiger partial charge in [-0.3, -0.25) is 9.59 Å². The van der Waals surface area contributed by atoms with E-state index in [1.54, 1.807) is 24.3 Å². The molecule has 0 aliphatic rings. The number of rotatable bonds is 9. The molecule has 0 spiro atoms. The van der Waals surface area contributed by atoms with Crippen LogP contribution in [0.5, 0.6) is 0 Å². The molecule has 0 radical (unpaired) electrons. The predicted molar refractivity (Wildman–Crippen MR) is 98.8 cm³/mol. The summed E-state index contributed by atoms with van der Waals surface area (Å²) in [4.78, 5) is 38.3. The minimum atomic E-state index is -1.06. The first-order valence-corrected chi connectivity index (χ1v) is 9.19. The standard InChI is InChI=1S/C17H18ClN3O4S/c18-12-5-3-11(4-6-12)16(23)20-8-1-2-14(22)19-9-7-15-21-13(10-26-15)17(24)25/h3-6,10H,1-2,7-9H2,(H,19,22)(H,20,23)(H,24,25). The first-order chi connectivity index (χ1) is 12.5. The van der Waals surface area contributed by atoms with Crippen LogP contribution in [0.25, 0.3) is 0 Å². The highest BCUT2D eigenvalue weighted by atomic mass is 35.5. The number of carbonyl (C=O) groups is 3. The summed E-state index contributed by atoms with van der Waals surface area (Å²) in [5.74, 6) is -1.39. The zero-order chi connectivity index (χ0) is 18.9. The topological polar surface area (TPSA) is 108 Å². The van der Waals surface area contributed by atoms with Crippen molar-refractivity contribution in [3.63, 3.8) is 0 Å². The number of hydrogen-bond acceptors (Lipinski definition) is 5. The number of hydrogen-bond donors (Lipinski definition) is 3. The van der Waals surface area contributed by atoms with Crippen molar-refractivity contribution < 1.29 is 19.5 Å². The van der Waals surface area contributed by atoms with Gasteiger partial charge in [0.2, 0.25) is 5.91 Å². The maximum atomic E-state index is 11.9. The number of aromatic nitrogens is 1. The molecule has 1 aromatic carbocycles. The van der Waals surface area contributed by atoms with Crippen LogP contribution in [0.4, 0.5) is 0 Å². The van der Waals surface area contributed by atoms with Crippen molar-refractivity contribution >= 4 is 40.7 Å². The highest BCUT2D eigenvalue weighted by Gasteiger charge is 2.09. The average Bonchev–Trinajstić information content (AvgIpc) is 3.08. The molecular formula is C17H18ClN3O4S. The van der Waals surface area contributed by atoms with Gasteiger partial charge in [-0.05, 0) is 30.7 Å². The van der Waals surface area contributed by atoms with E-state index in [2.05, 4.69) is 15.6 Å². The van der Waals surface area contributed by atoms with Crippen LogP contribution in [0.1, 0.15) is 38.7 Å². The Labute approximate surface area is 159 Å². The molecule has 3 N–H and O–H groups in total. The second-order valence-electron chi connectivity index (χ2n) is 5.40. The summed E-state index contributed by atoms with van der Waals surface area (Å²) < 4.78 is 0. The lowest BCUT2D eigenvalue weighted by atomic mass is 10.2. The Balaban J connectivity index is 1.59. The lowest BCUT2D eigenvalue weighted by Crippen LogP contribution is -2.28. The van der Waals surface area contributed by atoms with Crippen LogP contribution in [-0.4, -0.2) is 41.0 Å². The van der Waals surface area contributed by atoms with Crippen molar-refractivity contribution in [2.24, 2.45) is 0 Å². The Morgan fingerprint density at radius 3 is 2.50 bits per heavy atom. The van der Waals surface area contributed by atoms with E-state index >= 15 is 0 Å². The minimum absolute atomic E-state index is 0.0211. The first-order valence-electron chi connectivity index (χ1n) is 7.94. The van der Waals surface area contributed by atoms with E-state index < -0.39 is 5.97 Å². The van der Waals surface area contributed by atoms with Crippen LogP contribution in [-0.2, 0) is 11.2 Å². The zero-order valence-electron chi connectivity index (χ0n) is 13.8. The van der Waals surface area contributed by atoms with E-state index in [-0.39, 0.29) is 17.5 Å². The largest absolute Gasteiger partial charge is 0.476 e. The van der Waals surface area contributed by atoms with Crippen LogP contribution in [0.15, 0.2) is 29.6 Å². The molecule has 2 aromatic rings. The average molecular weight is 396 g/mol. The van der Waals surface area contributed by atoms with E-state index in [9.17, 15) is 14.4 Å². The number of amides is 2. The predicted octanol–water partition coefficient (Wildman–Crippen LogP) is 2.36. The van der Waals surface area contributed by atoms with Crippen molar-refractivity contribution in [2.45, 2.75) is 19.3 Å². The fourth-order valence-electron chi connectivity index (χ4n) is 2.08. The summed E-state index contributed by atoms with van der Waals surface area (Å²) in [5, 5.41) is 17.0. The normalized spacial score (nSPS) is 10.3. The number of thiazole rings is 1. The SMILES string of the molecule is O=C(CCCNC(=O)c1ccc(Cl)cc1)NCCc1nc(C(=O)O)cs1. The van der Waals surface area contributed by atoms with Crippen LogP contribution in [0.2, 0.25) is 5.02 Å². The van der Waals surface area contributed by atoms with E-state index in [4.69, 9.17) is 16.7 Å². The van der Waals surface area contributed by atoms with Crippen molar-refractivity contribution in [1.82, 2.24) is 15.6 Å². The van der Waals surface area contributed by atoms with E-state index in [0.29, 0.717) is 47.9 Å². The summed E-state index contributed by atoms with van der Waals surface area (Å²) >= 11 is 7.02. The summed E-state index contributed by atoms with van der Waals surface area (Å²) in [6, 6.07) is 6.56. The van der Waals surface area contributed by atoms with E-state index in [1.807, 2.05) is 0 Å². The Morgan fingerprint density at radius 2 is 1.85 bits per heavy atom. The number of benzene rings is 1. The highest BCUT2D eigenvalue weighted by Crippen LogP contribution is 2.10. The Morgan fingerprint density at radius 1 is 1.12 bits per heavy atom. The Bertz CT molecular complexity index is 777. The third-order valence-electron chi connectivity index (χ3n) is 3.40. The molecule has 2 rings (SSSR count). The molecule has 1 aromatic heterocycles. The van der Waals surface area contributed by atoms with Gasteiger partial charge in [0.25, 0.3) is 5.91 Å². The molecule has 0 aliphatic carbocycles. The van der Waals surface area contributed by atoms with Gasteiger partial charge < -0.3 is 15.7 Å². The molecule has 0 fully saturated rings. The van der Waals surface area contributed by atoms with Crippen molar-refractivity contribution in [1.29, 1.82) is 0 Å². The van der Waals surface area contributed by atoms with Crippen LogP contribution in [0.3, 0.4) is 0 Å². The molecule has 7 nitrogen and oxygen atoms in total. The van der Waals surface area contributed by atoms with Gasteiger partial charge in [-0.2, -0.15) is 0 Å². The quantitative estimate of drug-likeness (QED) is 0.565. The third-order valence-corrected chi connectivity index (χ3v) is 4.57. The monoisotopic (exact) mass is 395 g/mol. The second kappa shape index (κ2) is 9.88. The molecule has 138 valence electrons. The number of aromatic carboxylic acids is 1. The minimum Gasteiger partial charge on any atom is -0.476 e. The number of nitrogens with zero attached hydrogens (tertiary/aromatic N) is 1. The molecule has 0 saturated heterocycles. The molecule has 26 heavy (non-hydrogen) atoms. The van der Waals surface area contributed by atoms with Crippen molar-refractivity contribution in [3.05, 3.63) is 50.9 Å². The fraction of sp³-hybridized carbons (Fsp3) is 0.294. The van der Waals surface area contributed by atoms with E-state index in [1.165, 1.54) is 16.7 Å². The summed E-state index contributed by atoms with van der Waals surface area (Å²) in [7, 11) is 0. The number of carboxylic acid groups (broad SMARTS) is 1. The van der Waals surface area contributed by atoms with Crippen LogP contribution >= 0.6 is 22.9 Å². The van der Waals surface area contributed by atoms with Gasteiger partial charge in [0, 0.05) is 41.9 Å². The first kappa shape index (κ1) is 19.9. The second-order valence-corrected chi connectivity index (χ2v) is 6.78. The summed E-state index contributed by atoms with van der Waals surface area (Å²) in [5.41, 5.74) is 0.538. The van der Waals surface area contributed by atoms with Crippen LogP contribution < -0.4 is 10.6 Å². The molecule has 0 aliphatic heterocycles. The number of carbonyl (C=O) groups excluding carboxylic acids is 2. The van der Waals surface area contributed by atoms with Gasteiger partial charge in [-0.15, -0.1) is 11.3 Å². The molecular weight excluding hydrogens is 378 g/mol. The molecule has 1 heterocycles.